The van der Waals surface area contributed by atoms with Crippen LogP contribution in [-0.2, 0) is 9.53 Å². The summed E-state index contributed by atoms with van der Waals surface area (Å²) in [6.07, 6.45) is 1.13. The second-order valence-corrected chi connectivity index (χ2v) is 5.46. The molecule has 2 unspecified atom stereocenters. The maximum absolute atomic E-state index is 11.6. The van der Waals surface area contributed by atoms with E-state index in [1.54, 1.807) is 20.8 Å². The fourth-order valence-electron chi connectivity index (χ4n) is 1.98. The molecule has 1 aliphatic rings. The number of amides is 1. The van der Waals surface area contributed by atoms with E-state index in [-0.39, 0.29) is 11.7 Å². The predicted octanol–water partition coefficient (Wildman–Crippen LogP) is 2.27. The van der Waals surface area contributed by atoms with Crippen molar-refractivity contribution in [2.75, 3.05) is 0 Å². The first-order chi connectivity index (χ1) is 7.21. The Hall–Kier alpha value is -1.06. The predicted molar refractivity (Wildman–Crippen MR) is 61.2 cm³/mol. The minimum Gasteiger partial charge on any atom is -0.444 e. The first kappa shape index (κ1) is 13.0. The number of carbonyl (C=O) groups excluding carboxylic acids is 2. The van der Waals surface area contributed by atoms with Gasteiger partial charge in [-0.2, -0.15) is 0 Å². The molecule has 92 valence electrons. The second kappa shape index (κ2) is 4.07. The minimum atomic E-state index is -0.656. The molecule has 1 rings (SSSR count). The van der Waals surface area contributed by atoms with E-state index >= 15 is 0 Å². The SMILES string of the molecule is CCC1CC1(NC(=O)OC(C)(C)C)C(C)=O. The van der Waals surface area contributed by atoms with Gasteiger partial charge in [0, 0.05) is 0 Å². The third-order valence-electron chi connectivity index (χ3n) is 2.95. The molecule has 0 aromatic heterocycles. The Balaban J connectivity index is 2.59. The topological polar surface area (TPSA) is 55.4 Å². The zero-order valence-corrected chi connectivity index (χ0v) is 10.7. The number of carbonyl (C=O) groups is 2. The van der Waals surface area contributed by atoms with Crippen LogP contribution < -0.4 is 5.32 Å². The van der Waals surface area contributed by atoms with E-state index in [2.05, 4.69) is 5.32 Å². The molecule has 1 fully saturated rings. The van der Waals surface area contributed by atoms with Gasteiger partial charge in [0.15, 0.2) is 5.78 Å². The lowest BCUT2D eigenvalue weighted by Crippen LogP contribution is -2.46. The smallest absolute Gasteiger partial charge is 0.408 e. The average molecular weight is 227 g/mol. The summed E-state index contributed by atoms with van der Waals surface area (Å²) in [6.45, 7) is 8.95. The Labute approximate surface area is 96.7 Å². The molecule has 0 heterocycles. The highest BCUT2D eigenvalue weighted by atomic mass is 16.6. The molecule has 1 N–H and O–H groups in total. The van der Waals surface area contributed by atoms with Crippen molar-refractivity contribution in [2.45, 2.75) is 58.6 Å². The van der Waals surface area contributed by atoms with Gasteiger partial charge in [-0.05, 0) is 40.0 Å². The molecule has 0 bridgehead atoms. The Morgan fingerprint density at radius 2 is 2.00 bits per heavy atom. The van der Waals surface area contributed by atoms with Crippen molar-refractivity contribution in [2.24, 2.45) is 5.92 Å². The highest BCUT2D eigenvalue weighted by Crippen LogP contribution is 2.46. The van der Waals surface area contributed by atoms with Crippen LogP contribution in [-0.4, -0.2) is 23.0 Å². The summed E-state index contributed by atoms with van der Waals surface area (Å²) in [5.74, 6) is 0.280. The molecule has 0 aromatic rings. The lowest BCUT2D eigenvalue weighted by atomic mass is 10.1. The van der Waals surface area contributed by atoms with Crippen LogP contribution in [0.4, 0.5) is 4.79 Å². The van der Waals surface area contributed by atoms with Crippen LogP contribution >= 0.6 is 0 Å². The molecular formula is C12H21NO3. The fourth-order valence-corrected chi connectivity index (χ4v) is 1.98. The van der Waals surface area contributed by atoms with Gasteiger partial charge in [-0.1, -0.05) is 13.3 Å². The van der Waals surface area contributed by atoms with Crippen molar-refractivity contribution in [3.63, 3.8) is 0 Å². The van der Waals surface area contributed by atoms with Gasteiger partial charge in [0.1, 0.15) is 11.1 Å². The standard InChI is InChI=1S/C12H21NO3/c1-6-9-7-12(9,8(2)14)13-10(15)16-11(3,4)5/h9H,6-7H2,1-5H3,(H,13,15). The van der Waals surface area contributed by atoms with Crippen LogP contribution in [0.2, 0.25) is 0 Å². The van der Waals surface area contributed by atoms with Crippen LogP contribution in [0, 0.1) is 5.92 Å². The van der Waals surface area contributed by atoms with E-state index in [4.69, 9.17) is 4.74 Å². The third-order valence-corrected chi connectivity index (χ3v) is 2.95. The van der Waals surface area contributed by atoms with Crippen molar-refractivity contribution in [1.82, 2.24) is 5.32 Å². The summed E-state index contributed by atoms with van der Waals surface area (Å²) >= 11 is 0. The summed E-state index contributed by atoms with van der Waals surface area (Å²) in [4.78, 5) is 23.1. The number of nitrogens with one attached hydrogen (secondary N) is 1. The van der Waals surface area contributed by atoms with Gasteiger partial charge in [-0.3, -0.25) is 4.79 Å². The van der Waals surface area contributed by atoms with Gasteiger partial charge in [0.05, 0.1) is 0 Å². The second-order valence-electron chi connectivity index (χ2n) is 5.46. The number of hydrogen-bond acceptors (Lipinski definition) is 3. The van der Waals surface area contributed by atoms with E-state index in [0.717, 1.165) is 12.8 Å². The van der Waals surface area contributed by atoms with Crippen molar-refractivity contribution in [3.8, 4) is 0 Å². The monoisotopic (exact) mass is 227 g/mol. The Kier molecular flexibility index (Phi) is 3.31. The first-order valence-electron chi connectivity index (χ1n) is 5.73. The molecular weight excluding hydrogens is 206 g/mol. The van der Waals surface area contributed by atoms with Crippen molar-refractivity contribution < 1.29 is 14.3 Å². The fraction of sp³-hybridized carbons (Fsp3) is 0.833. The van der Waals surface area contributed by atoms with E-state index in [0.29, 0.717) is 0 Å². The van der Waals surface area contributed by atoms with Gasteiger partial charge in [0.2, 0.25) is 0 Å². The summed E-state index contributed by atoms with van der Waals surface area (Å²) in [7, 11) is 0. The highest BCUT2D eigenvalue weighted by Gasteiger charge is 2.58. The van der Waals surface area contributed by atoms with E-state index in [9.17, 15) is 9.59 Å². The van der Waals surface area contributed by atoms with Crippen LogP contribution in [0.3, 0.4) is 0 Å². The summed E-state index contributed by atoms with van der Waals surface area (Å²) in [5, 5.41) is 2.71. The lowest BCUT2D eigenvalue weighted by Gasteiger charge is -2.23. The van der Waals surface area contributed by atoms with Gasteiger partial charge in [0.25, 0.3) is 0 Å². The number of hydrogen-bond donors (Lipinski definition) is 1. The van der Waals surface area contributed by atoms with Crippen molar-refractivity contribution >= 4 is 11.9 Å². The molecule has 0 radical (unpaired) electrons. The molecule has 1 amide bonds. The van der Waals surface area contributed by atoms with Gasteiger partial charge in [-0.25, -0.2) is 4.79 Å². The Morgan fingerprint density at radius 1 is 1.44 bits per heavy atom. The summed E-state index contributed by atoms with van der Waals surface area (Å²) in [6, 6.07) is 0. The summed E-state index contributed by atoms with van der Waals surface area (Å²) in [5.41, 5.74) is -1.18. The Morgan fingerprint density at radius 3 is 2.31 bits per heavy atom. The lowest BCUT2D eigenvalue weighted by molar-refractivity contribution is -0.120. The maximum atomic E-state index is 11.6. The highest BCUT2D eigenvalue weighted by molar-refractivity contribution is 5.93. The normalized spacial score (nSPS) is 28.4. The molecule has 1 aliphatic carbocycles. The van der Waals surface area contributed by atoms with Crippen molar-refractivity contribution in [1.29, 1.82) is 0 Å². The van der Waals surface area contributed by atoms with Crippen LogP contribution in [0.15, 0.2) is 0 Å². The molecule has 1 saturated carbocycles. The Bertz CT molecular complexity index is 306. The van der Waals surface area contributed by atoms with Crippen molar-refractivity contribution in [3.05, 3.63) is 0 Å². The number of ketones is 1. The van der Waals surface area contributed by atoms with E-state index in [1.807, 2.05) is 6.92 Å². The van der Waals surface area contributed by atoms with Gasteiger partial charge >= 0.3 is 6.09 Å². The molecule has 4 heteroatoms. The maximum Gasteiger partial charge on any atom is 0.408 e. The largest absolute Gasteiger partial charge is 0.444 e. The van der Waals surface area contributed by atoms with E-state index in [1.165, 1.54) is 6.92 Å². The summed E-state index contributed by atoms with van der Waals surface area (Å²) < 4.78 is 5.15. The molecule has 4 nitrogen and oxygen atoms in total. The molecule has 16 heavy (non-hydrogen) atoms. The van der Waals surface area contributed by atoms with Crippen LogP contribution in [0.1, 0.15) is 47.5 Å². The number of rotatable bonds is 3. The van der Waals surface area contributed by atoms with Gasteiger partial charge in [-0.15, -0.1) is 0 Å². The quantitative estimate of drug-likeness (QED) is 0.804. The number of Topliss-reactive ketones (excluding diaryl/α,β-unsaturated/α-hetero) is 1. The molecule has 2 atom stereocenters. The third kappa shape index (κ3) is 2.74. The zero-order valence-electron chi connectivity index (χ0n) is 10.7. The van der Waals surface area contributed by atoms with Crippen LogP contribution in [0.25, 0.3) is 0 Å². The molecule has 0 spiro atoms. The first-order valence-corrected chi connectivity index (χ1v) is 5.73. The average Bonchev–Trinajstić information content (AvgIpc) is 2.76. The van der Waals surface area contributed by atoms with Crippen LogP contribution in [0.5, 0.6) is 0 Å². The molecule has 0 aromatic carbocycles. The minimum absolute atomic E-state index is 0.0187. The van der Waals surface area contributed by atoms with Gasteiger partial charge < -0.3 is 10.1 Å². The van der Waals surface area contributed by atoms with E-state index < -0.39 is 17.2 Å². The molecule has 0 aliphatic heterocycles. The zero-order chi connectivity index (χ0) is 12.6. The molecule has 0 saturated heterocycles. The number of ether oxygens (including phenoxy) is 1. The number of alkyl carbamates (subject to hydrolysis) is 1.